The van der Waals surface area contributed by atoms with Gasteiger partial charge < -0.3 is 10.0 Å². The Bertz CT molecular complexity index is 590. The Kier molecular flexibility index (Phi) is 4.98. The maximum atomic E-state index is 9.08. The van der Waals surface area contributed by atoms with Gasteiger partial charge in [-0.05, 0) is 19.0 Å². The predicted octanol–water partition coefficient (Wildman–Crippen LogP) is 1.65. The van der Waals surface area contributed by atoms with Gasteiger partial charge >= 0.3 is 0 Å². The van der Waals surface area contributed by atoms with Crippen LogP contribution in [0.3, 0.4) is 0 Å². The zero-order valence-electron chi connectivity index (χ0n) is 12.7. The van der Waals surface area contributed by atoms with Crippen LogP contribution in [-0.4, -0.2) is 59.3 Å². The highest BCUT2D eigenvalue weighted by Crippen LogP contribution is 2.19. The number of anilines is 1. The number of nitrogens with zero attached hydrogens (tertiary/aromatic N) is 4. The summed E-state index contributed by atoms with van der Waals surface area (Å²) in [5.74, 6) is 1.76. The van der Waals surface area contributed by atoms with E-state index in [0.29, 0.717) is 0 Å². The summed E-state index contributed by atoms with van der Waals surface area (Å²) in [6.45, 7) is 4.91. The largest absolute Gasteiger partial charge is 0.395 e. The molecule has 1 aliphatic rings. The number of β-amino-alcohol motifs (C(OH)–C–C–N with tert-alkyl or cyclic N) is 1. The molecule has 0 saturated carbocycles. The smallest absolute Gasteiger partial charge is 0.161 e. The van der Waals surface area contributed by atoms with Crippen LogP contribution in [0, 0.1) is 0 Å². The Hall–Kier alpha value is -1.98. The van der Waals surface area contributed by atoms with Crippen molar-refractivity contribution in [2.75, 3.05) is 44.2 Å². The highest BCUT2D eigenvalue weighted by Gasteiger charge is 2.16. The van der Waals surface area contributed by atoms with Gasteiger partial charge in [0.15, 0.2) is 5.82 Å². The number of rotatable bonds is 4. The summed E-state index contributed by atoms with van der Waals surface area (Å²) in [6.07, 6.45) is 2.92. The van der Waals surface area contributed by atoms with Gasteiger partial charge in [-0.3, -0.25) is 4.90 Å². The summed E-state index contributed by atoms with van der Waals surface area (Å²) in [5.41, 5.74) is 1.04. The molecule has 0 aliphatic carbocycles. The Morgan fingerprint density at radius 2 is 1.86 bits per heavy atom. The molecule has 2 heterocycles. The first-order valence-electron chi connectivity index (χ1n) is 7.83. The monoisotopic (exact) mass is 298 g/mol. The zero-order valence-corrected chi connectivity index (χ0v) is 12.7. The average molecular weight is 298 g/mol. The lowest BCUT2D eigenvalue weighted by molar-refractivity contribution is 0.204. The second-order valence-corrected chi connectivity index (χ2v) is 5.51. The van der Waals surface area contributed by atoms with Crippen molar-refractivity contribution in [3.8, 4) is 11.4 Å². The highest BCUT2D eigenvalue weighted by atomic mass is 16.3. The number of aliphatic hydroxyl groups excluding tert-OH is 1. The standard InChI is InChI=1S/C17H22N4O/c22-14-13-20-9-4-10-21(12-11-20)16-7-8-18-17(19-16)15-5-2-1-3-6-15/h1-3,5-8,22H,4,9-14H2. The molecular weight excluding hydrogens is 276 g/mol. The quantitative estimate of drug-likeness (QED) is 0.930. The third-order valence-corrected chi connectivity index (χ3v) is 4.00. The van der Waals surface area contributed by atoms with Crippen LogP contribution in [0.5, 0.6) is 0 Å². The summed E-state index contributed by atoms with van der Waals surface area (Å²) in [4.78, 5) is 13.7. The molecule has 5 heteroatoms. The topological polar surface area (TPSA) is 52.5 Å². The summed E-state index contributed by atoms with van der Waals surface area (Å²) in [6, 6.07) is 12.1. The normalized spacial score (nSPS) is 16.5. The van der Waals surface area contributed by atoms with Gasteiger partial charge in [0.25, 0.3) is 0 Å². The molecule has 1 aromatic carbocycles. The minimum atomic E-state index is 0.228. The molecule has 1 N–H and O–H groups in total. The maximum absolute atomic E-state index is 9.08. The third kappa shape index (κ3) is 3.61. The molecule has 1 aromatic heterocycles. The van der Waals surface area contributed by atoms with E-state index in [9.17, 15) is 0 Å². The molecule has 0 amide bonds. The van der Waals surface area contributed by atoms with E-state index < -0.39 is 0 Å². The lowest BCUT2D eigenvalue weighted by Crippen LogP contribution is -2.32. The molecular formula is C17H22N4O. The molecule has 22 heavy (non-hydrogen) atoms. The van der Waals surface area contributed by atoms with Crippen LogP contribution in [0.15, 0.2) is 42.6 Å². The van der Waals surface area contributed by atoms with Gasteiger partial charge in [0.05, 0.1) is 6.61 Å². The minimum Gasteiger partial charge on any atom is -0.395 e. The van der Waals surface area contributed by atoms with Crippen molar-refractivity contribution in [1.82, 2.24) is 14.9 Å². The molecule has 0 radical (unpaired) electrons. The van der Waals surface area contributed by atoms with Crippen molar-refractivity contribution in [3.63, 3.8) is 0 Å². The van der Waals surface area contributed by atoms with Gasteiger partial charge in [-0.1, -0.05) is 30.3 Å². The van der Waals surface area contributed by atoms with Gasteiger partial charge in [-0.25, -0.2) is 9.97 Å². The van der Waals surface area contributed by atoms with Gasteiger partial charge in [-0.15, -0.1) is 0 Å². The number of aliphatic hydroxyl groups is 1. The van der Waals surface area contributed by atoms with E-state index in [1.165, 1.54) is 0 Å². The second kappa shape index (κ2) is 7.33. The molecule has 3 rings (SSSR count). The van der Waals surface area contributed by atoms with Crippen LogP contribution in [0.1, 0.15) is 6.42 Å². The third-order valence-electron chi connectivity index (χ3n) is 4.00. The maximum Gasteiger partial charge on any atom is 0.161 e. The van der Waals surface area contributed by atoms with E-state index in [1.54, 1.807) is 0 Å². The molecule has 0 unspecified atom stereocenters. The van der Waals surface area contributed by atoms with Crippen molar-refractivity contribution in [3.05, 3.63) is 42.6 Å². The van der Waals surface area contributed by atoms with E-state index >= 15 is 0 Å². The first kappa shape index (κ1) is 14.9. The molecule has 5 nitrogen and oxygen atoms in total. The SMILES string of the molecule is OCCN1CCCN(c2ccnc(-c3ccccc3)n2)CC1. The van der Waals surface area contributed by atoms with Crippen molar-refractivity contribution in [1.29, 1.82) is 0 Å². The lowest BCUT2D eigenvalue weighted by atomic mass is 10.2. The van der Waals surface area contributed by atoms with Crippen molar-refractivity contribution in [2.45, 2.75) is 6.42 Å². The van der Waals surface area contributed by atoms with E-state index in [0.717, 1.165) is 56.4 Å². The van der Waals surface area contributed by atoms with Gasteiger partial charge in [-0.2, -0.15) is 0 Å². The van der Waals surface area contributed by atoms with Crippen LogP contribution >= 0.6 is 0 Å². The van der Waals surface area contributed by atoms with E-state index in [4.69, 9.17) is 10.1 Å². The van der Waals surface area contributed by atoms with Crippen LogP contribution < -0.4 is 4.90 Å². The van der Waals surface area contributed by atoms with Crippen LogP contribution in [0.25, 0.3) is 11.4 Å². The molecule has 116 valence electrons. The zero-order chi connectivity index (χ0) is 15.2. The van der Waals surface area contributed by atoms with Gasteiger partial charge in [0.2, 0.25) is 0 Å². The fourth-order valence-electron chi connectivity index (χ4n) is 2.82. The van der Waals surface area contributed by atoms with Crippen LogP contribution in [0.2, 0.25) is 0 Å². The first-order valence-corrected chi connectivity index (χ1v) is 7.83. The van der Waals surface area contributed by atoms with Gasteiger partial charge in [0.1, 0.15) is 5.82 Å². The molecule has 1 aliphatic heterocycles. The summed E-state index contributed by atoms with van der Waals surface area (Å²) >= 11 is 0. The van der Waals surface area contributed by atoms with Crippen molar-refractivity contribution >= 4 is 5.82 Å². The fourth-order valence-corrected chi connectivity index (χ4v) is 2.82. The van der Waals surface area contributed by atoms with Gasteiger partial charge in [0, 0.05) is 37.9 Å². The van der Waals surface area contributed by atoms with Crippen molar-refractivity contribution < 1.29 is 5.11 Å². The lowest BCUT2D eigenvalue weighted by Gasteiger charge is -2.22. The predicted molar refractivity (Wildman–Crippen MR) is 87.8 cm³/mol. The van der Waals surface area contributed by atoms with E-state index in [-0.39, 0.29) is 6.61 Å². The molecule has 1 fully saturated rings. The second-order valence-electron chi connectivity index (χ2n) is 5.51. The Morgan fingerprint density at radius 3 is 2.68 bits per heavy atom. The number of aromatic nitrogens is 2. The molecule has 1 saturated heterocycles. The summed E-state index contributed by atoms with van der Waals surface area (Å²) < 4.78 is 0. The Balaban J connectivity index is 1.75. The number of hydrogen-bond donors (Lipinski definition) is 1. The van der Waals surface area contributed by atoms with Crippen LogP contribution in [-0.2, 0) is 0 Å². The summed E-state index contributed by atoms with van der Waals surface area (Å²) in [7, 11) is 0. The van der Waals surface area contributed by atoms with Crippen LogP contribution in [0.4, 0.5) is 5.82 Å². The molecule has 0 spiro atoms. The van der Waals surface area contributed by atoms with Crippen molar-refractivity contribution in [2.24, 2.45) is 0 Å². The summed E-state index contributed by atoms with van der Waals surface area (Å²) in [5, 5.41) is 9.08. The highest BCUT2D eigenvalue weighted by molar-refractivity contribution is 5.57. The molecule has 0 atom stereocenters. The minimum absolute atomic E-state index is 0.228. The Morgan fingerprint density at radius 1 is 1.00 bits per heavy atom. The Labute approximate surface area is 131 Å². The average Bonchev–Trinajstić information content (AvgIpc) is 2.82. The van der Waals surface area contributed by atoms with E-state index in [2.05, 4.69) is 14.8 Å². The number of hydrogen-bond acceptors (Lipinski definition) is 5. The number of benzene rings is 1. The molecule has 2 aromatic rings. The fraction of sp³-hybridized carbons (Fsp3) is 0.412. The first-order chi connectivity index (χ1) is 10.9. The van der Waals surface area contributed by atoms with E-state index in [1.807, 2.05) is 42.6 Å². The molecule has 0 bridgehead atoms.